The van der Waals surface area contributed by atoms with Gasteiger partial charge in [-0.05, 0) is 12.5 Å². The predicted octanol–water partition coefficient (Wildman–Crippen LogP) is 2.88. The number of rotatable bonds is 3. The molecule has 1 aromatic carbocycles. The molecule has 4 nitrogen and oxygen atoms in total. The lowest BCUT2D eigenvalue weighted by molar-refractivity contribution is 1.04. The summed E-state index contributed by atoms with van der Waals surface area (Å²) < 4.78 is 0. The molecule has 1 aromatic heterocycles. The Bertz CT molecular complexity index is 505. The van der Waals surface area contributed by atoms with Crippen LogP contribution in [0.15, 0.2) is 41.5 Å². The number of nitrogens with one attached hydrogen (secondary N) is 1. The summed E-state index contributed by atoms with van der Waals surface area (Å²) in [6.07, 6.45) is 1.71. The Hall–Kier alpha value is -1.94. The molecule has 0 bridgehead atoms. The van der Waals surface area contributed by atoms with Gasteiger partial charge in [-0.3, -0.25) is 5.43 Å². The Kier molecular flexibility index (Phi) is 3.67. The summed E-state index contributed by atoms with van der Waals surface area (Å²) in [5.74, 6) is 1.18. The number of hydrazone groups is 1. The van der Waals surface area contributed by atoms with Crippen LogP contribution in [0.2, 0.25) is 5.15 Å². The average molecular weight is 247 g/mol. The molecular weight excluding hydrogens is 236 g/mol. The molecule has 0 spiro atoms. The molecular formula is C12H11ClN4. The highest BCUT2D eigenvalue weighted by atomic mass is 35.5. The molecule has 2 rings (SSSR count). The largest absolute Gasteiger partial charge is 0.261 e. The zero-order valence-corrected chi connectivity index (χ0v) is 10.0. The van der Waals surface area contributed by atoms with Crippen molar-refractivity contribution in [3.8, 4) is 0 Å². The Morgan fingerprint density at radius 2 is 2.00 bits per heavy atom. The smallest absolute Gasteiger partial charge is 0.151 e. The highest BCUT2D eigenvalue weighted by Gasteiger charge is 1.97. The van der Waals surface area contributed by atoms with Crippen molar-refractivity contribution >= 4 is 23.6 Å². The first-order valence-electron chi connectivity index (χ1n) is 5.09. The second-order valence-electron chi connectivity index (χ2n) is 3.40. The second-order valence-corrected chi connectivity index (χ2v) is 3.79. The summed E-state index contributed by atoms with van der Waals surface area (Å²) >= 11 is 5.80. The summed E-state index contributed by atoms with van der Waals surface area (Å²) in [6, 6.07) is 11.4. The number of hydrogen-bond donors (Lipinski definition) is 1. The van der Waals surface area contributed by atoms with Crippen molar-refractivity contribution in [3.63, 3.8) is 0 Å². The lowest BCUT2D eigenvalue weighted by Crippen LogP contribution is -1.97. The molecule has 0 radical (unpaired) electrons. The first-order valence-corrected chi connectivity index (χ1v) is 5.47. The van der Waals surface area contributed by atoms with Crippen molar-refractivity contribution in [3.05, 3.63) is 52.9 Å². The van der Waals surface area contributed by atoms with E-state index in [-0.39, 0.29) is 0 Å². The van der Waals surface area contributed by atoms with Crippen LogP contribution in [0.3, 0.4) is 0 Å². The van der Waals surface area contributed by atoms with Crippen LogP contribution in [0, 0.1) is 6.92 Å². The van der Waals surface area contributed by atoms with E-state index in [0.29, 0.717) is 16.8 Å². The standard InChI is InChI=1S/C12H11ClN4/c1-9-15-11(13)7-12(16-9)17-14-8-10-5-3-2-4-6-10/h2-8H,1H3,(H,15,16,17)/b14-8-. The molecule has 0 aliphatic carbocycles. The van der Waals surface area contributed by atoms with Gasteiger partial charge in [-0.2, -0.15) is 5.10 Å². The molecule has 0 atom stereocenters. The summed E-state index contributed by atoms with van der Waals surface area (Å²) in [5.41, 5.74) is 3.82. The van der Waals surface area contributed by atoms with Crippen LogP contribution in [0.1, 0.15) is 11.4 Å². The van der Waals surface area contributed by atoms with E-state index in [9.17, 15) is 0 Å². The number of anilines is 1. The Morgan fingerprint density at radius 1 is 1.24 bits per heavy atom. The van der Waals surface area contributed by atoms with Crippen molar-refractivity contribution in [2.45, 2.75) is 6.92 Å². The maximum Gasteiger partial charge on any atom is 0.151 e. The van der Waals surface area contributed by atoms with Crippen LogP contribution in [0.5, 0.6) is 0 Å². The average Bonchev–Trinajstić information content (AvgIpc) is 2.29. The van der Waals surface area contributed by atoms with Crippen molar-refractivity contribution < 1.29 is 0 Å². The predicted molar refractivity (Wildman–Crippen MR) is 69.4 cm³/mol. The minimum Gasteiger partial charge on any atom is -0.261 e. The number of aryl methyl sites for hydroxylation is 1. The number of nitrogens with zero attached hydrogens (tertiary/aromatic N) is 3. The van der Waals surface area contributed by atoms with E-state index in [2.05, 4.69) is 20.5 Å². The quantitative estimate of drug-likeness (QED) is 0.515. The third kappa shape index (κ3) is 3.53. The van der Waals surface area contributed by atoms with Gasteiger partial charge in [-0.1, -0.05) is 41.9 Å². The molecule has 0 saturated heterocycles. The summed E-state index contributed by atoms with van der Waals surface area (Å²) in [5, 5.41) is 4.47. The van der Waals surface area contributed by atoms with Gasteiger partial charge in [0.05, 0.1) is 6.21 Å². The molecule has 2 aromatic rings. The van der Waals surface area contributed by atoms with E-state index in [1.165, 1.54) is 0 Å². The molecule has 1 N–H and O–H groups in total. The van der Waals surface area contributed by atoms with E-state index in [1.54, 1.807) is 19.2 Å². The van der Waals surface area contributed by atoms with Gasteiger partial charge in [0, 0.05) is 6.07 Å². The number of hydrogen-bond acceptors (Lipinski definition) is 4. The van der Waals surface area contributed by atoms with Crippen molar-refractivity contribution in [1.29, 1.82) is 0 Å². The lowest BCUT2D eigenvalue weighted by Gasteiger charge is -2.00. The van der Waals surface area contributed by atoms with Crippen molar-refractivity contribution in [1.82, 2.24) is 9.97 Å². The highest BCUT2D eigenvalue weighted by Crippen LogP contribution is 2.10. The third-order valence-electron chi connectivity index (χ3n) is 2.00. The second kappa shape index (κ2) is 5.41. The number of aromatic nitrogens is 2. The summed E-state index contributed by atoms with van der Waals surface area (Å²) in [4.78, 5) is 8.11. The number of benzene rings is 1. The molecule has 0 aliphatic heterocycles. The maximum absolute atomic E-state index is 5.80. The topological polar surface area (TPSA) is 50.2 Å². The van der Waals surface area contributed by atoms with Crippen LogP contribution in [-0.2, 0) is 0 Å². The van der Waals surface area contributed by atoms with Crippen molar-refractivity contribution in [2.75, 3.05) is 5.43 Å². The fourth-order valence-corrected chi connectivity index (χ4v) is 1.53. The highest BCUT2D eigenvalue weighted by molar-refractivity contribution is 6.29. The van der Waals surface area contributed by atoms with Gasteiger partial charge in [0.15, 0.2) is 5.82 Å². The van der Waals surface area contributed by atoms with Gasteiger partial charge in [-0.15, -0.1) is 0 Å². The van der Waals surface area contributed by atoms with E-state index in [1.807, 2.05) is 30.3 Å². The molecule has 86 valence electrons. The van der Waals surface area contributed by atoms with Gasteiger partial charge in [0.2, 0.25) is 0 Å². The van der Waals surface area contributed by atoms with Gasteiger partial charge in [0.25, 0.3) is 0 Å². The van der Waals surface area contributed by atoms with E-state index >= 15 is 0 Å². The minimum absolute atomic E-state index is 0.398. The zero-order valence-electron chi connectivity index (χ0n) is 9.26. The van der Waals surface area contributed by atoms with E-state index in [4.69, 9.17) is 11.6 Å². The molecule has 1 heterocycles. The maximum atomic E-state index is 5.80. The lowest BCUT2D eigenvalue weighted by atomic mass is 10.2. The summed E-state index contributed by atoms with van der Waals surface area (Å²) in [6.45, 7) is 1.78. The zero-order chi connectivity index (χ0) is 12.1. The first kappa shape index (κ1) is 11.5. The van der Waals surface area contributed by atoms with Gasteiger partial charge in [-0.25, -0.2) is 9.97 Å². The number of halogens is 1. The fourth-order valence-electron chi connectivity index (χ4n) is 1.30. The van der Waals surface area contributed by atoms with Crippen LogP contribution in [0.25, 0.3) is 0 Å². The molecule has 0 saturated carbocycles. The molecule has 0 aliphatic rings. The van der Waals surface area contributed by atoms with E-state index < -0.39 is 0 Å². The summed E-state index contributed by atoms with van der Waals surface area (Å²) in [7, 11) is 0. The van der Waals surface area contributed by atoms with Crippen LogP contribution >= 0.6 is 11.6 Å². The Labute approximate surface area is 104 Å². The van der Waals surface area contributed by atoms with E-state index in [0.717, 1.165) is 5.56 Å². The van der Waals surface area contributed by atoms with Crippen LogP contribution in [0.4, 0.5) is 5.82 Å². The van der Waals surface area contributed by atoms with Crippen LogP contribution < -0.4 is 5.43 Å². The van der Waals surface area contributed by atoms with Gasteiger partial charge < -0.3 is 0 Å². The van der Waals surface area contributed by atoms with Gasteiger partial charge in [0.1, 0.15) is 11.0 Å². The van der Waals surface area contributed by atoms with Crippen molar-refractivity contribution in [2.24, 2.45) is 5.10 Å². The Balaban J connectivity index is 2.05. The minimum atomic E-state index is 0.398. The molecule has 0 amide bonds. The molecule has 5 heteroatoms. The third-order valence-corrected chi connectivity index (χ3v) is 2.19. The molecule has 17 heavy (non-hydrogen) atoms. The molecule has 0 unspecified atom stereocenters. The van der Waals surface area contributed by atoms with Crippen LogP contribution in [-0.4, -0.2) is 16.2 Å². The Morgan fingerprint density at radius 3 is 2.71 bits per heavy atom. The van der Waals surface area contributed by atoms with Gasteiger partial charge >= 0.3 is 0 Å². The SMILES string of the molecule is Cc1nc(Cl)cc(N/N=C\c2ccccc2)n1. The fraction of sp³-hybridized carbons (Fsp3) is 0.0833. The monoisotopic (exact) mass is 246 g/mol. The normalized spacial score (nSPS) is 10.7. The first-order chi connectivity index (χ1) is 8.24. The molecule has 0 fully saturated rings.